The Balaban J connectivity index is 2.05. The van der Waals surface area contributed by atoms with Crippen LogP contribution in [0.25, 0.3) is 10.9 Å². The summed E-state index contributed by atoms with van der Waals surface area (Å²) >= 11 is 0. The maximum absolute atomic E-state index is 12.1. The number of nitrogens with zero attached hydrogens (tertiary/aromatic N) is 1. The Morgan fingerprint density at radius 2 is 2.05 bits per heavy atom. The van der Waals surface area contributed by atoms with Crippen molar-refractivity contribution in [3.8, 4) is 0 Å². The van der Waals surface area contributed by atoms with Gasteiger partial charge in [-0.3, -0.25) is 14.7 Å². The highest BCUT2D eigenvalue weighted by molar-refractivity contribution is 6.04. The summed E-state index contributed by atoms with van der Waals surface area (Å²) in [4.78, 5) is 23.3. The summed E-state index contributed by atoms with van der Waals surface area (Å²) in [6.07, 6.45) is 0.525. The summed E-state index contributed by atoms with van der Waals surface area (Å²) in [7, 11) is 0. The summed E-state index contributed by atoms with van der Waals surface area (Å²) in [5.41, 5.74) is 1.07. The minimum absolute atomic E-state index is 0.105. The van der Waals surface area contributed by atoms with Gasteiger partial charge in [-0.05, 0) is 18.4 Å². The molecule has 112 valence electrons. The van der Waals surface area contributed by atoms with Crippen LogP contribution >= 0.6 is 0 Å². The third-order valence-electron chi connectivity index (χ3n) is 3.30. The van der Waals surface area contributed by atoms with E-state index in [-0.39, 0.29) is 18.4 Å². The number of benzene rings is 1. The molecule has 2 rings (SSSR count). The summed E-state index contributed by atoms with van der Waals surface area (Å²) in [6, 6.07) is 7.31. The molecule has 0 fully saturated rings. The highest BCUT2D eigenvalue weighted by Gasteiger charge is 2.21. The number of fused-ring (bicyclic) bond motifs is 1. The number of H-pyrrole nitrogens is 1. The molecular weight excluding hydrogens is 270 g/mol. The van der Waals surface area contributed by atoms with E-state index in [1.807, 2.05) is 32.0 Å². The van der Waals surface area contributed by atoms with Crippen molar-refractivity contribution in [2.45, 2.75) is 20.3 Å². The van der Waals surface area contributed by atoms with Gasteiger partial charge in [0.25, 0.3) is 5.91 Å². The van der Waals surface area contributed by atoms with Crippen LogP contribution in [0.3, 0.4) is 0 Å². The van der Waals surface area contributed by atoms with Crippen LogP contribution in [0.15, 0.2) is 24.3 Å². The highest BCUT2D eigenvalue weighted by atomic mass is 16.4. The molecule has 1 aromatic heterocycles. The van der Waals surface area contributed by atoms with Crippen LogP contribution in [0, 0.1) is 11.8 Å². The number of carbonyl (C=O) groups is 2. The number of amides is 1. The van der Waals surface area contributed by atoms with Gasteiger partial charge in [0, 0.05) is 11.9 Å². The zero-order valence-electron chi connectivity index (χ0n) is 12.1. The molecule has 1 aromatic carbocycles. The van der Waals surface area contributed by atoms with E-state index < -0.39 is 11.9 Å². The van der Waals surface area contributed by atoms with E-state index in [1.165, 1.54) is 0 Å². The minimum Gasteiger partial charge on any atom is -0.481 e. The molecule has 0 saturated carbocycles. The Morgan fingerprint density at radius 1 is 1.33 bits per heavy atom. The maximum atomic E-state index is 12.1. The van der Waals surface area contributed by atoms with Crippen molar-refractivity contribution >= 4 is 22.8 Å². The lowest BCUT2D eigenvalue weighted by atomic mass is 9.97. The van der Waals surface area contributed by atoms with Crippen LogP contribution in [-0.2, 0) is 4.79 Å². The fourth-order valence-electron chi connectivity index (χ4n) is 2.28. The van der Waals surface area contributed by atoms with E-state index in [4.69, 9.17) is 5.11 Å². The lowest BCUT2D eigenvalue weighted by Crippen LogP contribution is -2.33. The molecule has 1 atom stereocenters. The number of aromatic amines is 1. The quantitative estimate of drug-likeness (QED) is 0.758. The summed E-state index contributed by atoms with van der Waals surface area (Å²) in [6.45, 7) is 4.02. The SMILES string of the molecule is CC(C)CC(CNC(=O)c1n[nH]c2ccccc12)C(=O)O. The monoisotopic (exact) mass is 289 g/mol. The summed E-state index contributed by atoms with van der Waals surface area (Å²) in [5, 5.41) is 19.3. The van der Waals surface area contributed by atoms with Gasteiger partial charge in [-0.15, -0.1) is 0 Å². The van der Waals surface area contributed by atoms with Crippen molar-refractivity contribution in [2.24, 2.45) is 11.8 Å². The zero-order chi connectivity index (χ0) is 15.4. The fourth-order valence-corrected chi connectivity index (χ4v) is 2.28. The first kappa shape index (κ1) is 15.0. The fraction of sp³-hybridized carbons (Fsp3) is 0.400. The molecule has 0 spiro atoms. The maximum Gasteiger partial charge on any atom is 0.308 e. The molecule has 0 bridgehead atoms. The normalized spacial score (nSPS) is 12.5. The lowest BCUT2D eigenvalue weighted by molar-refractivity contribution is -0.142. The second kappa shape index (κ2) is 6.39. The van der Waals surface area contributed by atoms with Crippen LogP contribution in [0.5, 0.6) is 0 Å². The number of para-hydroxylation sites is 1. The van der Waals surface area contributed by atoms with Gasteiger partial charge in [0.05, 0.1) is 11.4 Å². The number of nitrogens with one attached hydrogen (secondary N) is 2. The third-order valence-corrected chi connectivity index (χ3v) is 3.30. The molecule has 2 aromatic rings. The molecule has 6 nitrogen and oxygen atoms in total. The number of carboxylic acid groups (broad SMARTS) is 1. The number of carbonyl (C=O) groups excluding carboxylic acids is 1. The first-order valence-corrected chi connectivity index (χ1v) is 6.93. The van der Waals surface area contributed by atoms with E-state index in [0.717, 1.165) is 10.9 Å². The van der Waals surface area contributed by atoms with Crippen LogP contribution in [0.1, 0.15) is 30.8 Å². The molecule has 0 saturated heterocycles. The van der Waals surface area contributed by atoms with Gasteiger partial charge in [-0.25, -0.2) is 0 Å². The Morgan fingerprint density at radius 3 is 2.71 bits per heavy atom. The first-order valence-electron chi connectivity index (χ1n) is 6.93. The van der Waals surface area contributed by atoms with Gasteiger partial charge in [0.15, 0.2) is 5.69 Å². The van der Waals surface area contributed by atoms with Crippen molar-refractivity contribution in [2.75, 3.05) is 6.54 Å². The van der Waals surface area contributed by atoms with Gasteiger partial charge in [-0.1, -0.05) is 32.0 Å². The molecule has 0 aliphatic carbocycles. The lowest BCUT2D eigenvalue weighted by Gasteiger charge is -2.14. The summed E-state index contributed by atoms with van der Waals surface area (Å²) < 4.78 is 0. The van der Waals surface area contributed by atoms with Crippen LogP contribution in [-0.4, -0.2) is 33.7 Å². The van der Waals surface area contributed by atoms with E-state index in [9.17, 15) is 9.59 Å². The molecular formula is C15H19N3O3. The van der Waals surface area contributed by atoms with Gasteiger partial charge >= 0.3 is 5.97 Å². The van der Waals surface area contributed by atoms with E-state index >= 15 is 0 Å². The van der Waals surface area contributed by atoms with Gasteiger partial charge in [0.1, 0.15) is 0 Å². The largest absolute Gasteiger partial charge is 0.481 e. The smallest absolute Gasteiger partial charge is 0.308 e. The van der Waals surface area contributed by atoms with Crippen LogP contribution < -0.4 is 5.32 Å². The van der Waals surface area contributed by atoms with Crippen molar-refractivity contribution in [1.29, 1.82) is 0 Å². The number of rotatable bonds is 6. The van der Waals surface area contributed by atoms with Crippen molar-refractivity contribution in [3.63, 3.8) is 0 Å². The number of hydrogen-bond acceptors (Lipinski definition) is 3. The van der Waals surface area contributed by atoms with Gasteiger partial charge in [-0.2, -0.15) is 5.10 Å². The Labute approximate surface area is 122 Å². The van der Waals surface area contributed by atoms with Crippen LogP contribution in [0.2, 0.25) is 0 Å². The number of aromatic nitrogens is 2. The Hall–Kier alpha value is -2.37. The molecule has 0 aliphatic rings. The van der Waals surface area contributed by atoms with Gasteiger partial charge < -0.3 is 10.4 Å². The topological polar surface area (TPSA) is 95.1 Å². The second-order valence-electron chi connectivity index (χ2n) is 5.49. The zero-order valence-corrected chi connectivity index (χ0v) is 12.1. The van der Waals surface area contributed by atoms with E-state index in [1.54, 1.807) is 6.07 Å². The van der Waals surface area contributed by atoms with Crippen molar-refractivity contribution in [3.05, 3.63) is 30.0 Å². The third kappa shape index (κ3) is 3.59. The average molecular weight is 289 g/mol. The molecule has 3 N–H and O–H groups in total. The molecule has 0 radical (unpaired) electrons. The number of hydrogen-bond donors (Lipinski definition) is 3. The molecule has 0 aliphatic heterocycles. The predicted molar refractivity (Wildman–Crippen MR) is 79.0 cm³/mol. The molecule has 1 unspecified atom stereocenters. The van der Waals surface area contributed by atoms with E-state index in [0.29, 0.717) is 12.1 Å². The Bertz CT molecular complexity index is 648. The highest BCUT2D eigenvalue weighted by Crippen LogP contribution is 2.15. The second-order valence-corrected chi connectivity index (χ2v) is 5.49. The van der Waals surface area contributed by atoms with Gasteiger partial charge in [0.2, 0.25) is 0 Å². The minimum atomic E-state index is -0.893. The average Bonchev–Trinajstić information content (AvgIpc) is 2.86. The van der Waals surface area contributed by atoms with Crippen molar-refractivity contribution in [1.82, 2.24) is 15.5 Å². The van der Waals surface area contributed by atoms with Crippen LogP contribution in [0.4, 0.5) is 0 Å². The predicted octanol–water partition coefficient (Wildman–Crippen LogP) is 2.04. The molecule has 1 amide bonds. The number of aliphatic carboxylic acids is 1. The molecule has 6 heteroatoms. The van der Waals surface area contributed by atoms with E-state index in [2.05, 4.69) is 15.5 Å². The van der Waals surface area contributed by atoms with Crippen molar-refractivity contribution < 1.29 is 14.7 Å². The first-order chi connectivity index (χ1) is 9.99. The molecule has 21 heavy (non-hydrogen) atoms. The Kier molecular flexibility index (Phi) is 4.57. The standard InChI is InChI=1S/C15H19N3O3/c1-9(2)7-10(15(20)21)8-16-14(19)13-11-5-3-4-6-12(11)17-18-13/h3-6,9-10H,7-8H2,1-2H3,(H,16,19)(H,17,18)(H,20,21). The molecule has 1 heterocycles. The number of carboxylic acids is 1. The summed E-state index contributed by atoms with van der Waals surface area (Å²) in [5.74, 6) is -1.58.